The highest BCUT2D eigenvalue weighted by molar-refractivity contribution is 14.0. The quantitative estimate of drug-likeness (QED) is 0.193. The van der Waals surface area contributed by atoms with Gasteiger partial charge < -0.3 is 10.6 Å². The standard InChI is InChI=1S/C21H30N6O2.HI/c1-5-22-21(24-11-16-12(2)25-26(4)13(16)3)23-8-9-27-19(28)17-14-6-7-15(10-14)18(17)20(27)29;/h6-7,14-15,17-18H,5,8-11H2,1-4H3,(H2,22,23,24);1H. The predicted octanol–water partition coefficient (Wildman–Crippen LogP) is 1.52. The molecule has 1 saturated carbocycles. The van der Waals surface area contributed by atoms with E-state index in [-0.39, 0.29) is 59.5 Å². The molecule has 4 atom stereocenters. The lowest BCUT2D eigenvalue weighted by molar-refractivity contribution is -0.140. The molecule has 1 aliphatic heterocycles. The molecule has 2 aliphatic carbocycles. The number of guanidine groups is 1. The lowest BCUT2D eigenvalue weighted by Crippen LogP contribution is -2.43. The zero-order chi connectivity index (χ0) is 20.7. The Morgan fingerprint density at radius 2 is 1.80 bits per heavy atom. The van der Waals surface area contributed by atoms with Crippen LogP contribution in [0.25, 0.3) is 0 Å². The number of fused-ring (bicyclic) bond motifs is 5. The minimum Gasteiger partial charge on any atom is -0.357 e. The highest BCUT2D eigenvalue weighted by atomic mass is 127. The Balaban J connectivity index is 0.00000256. The van der Waals surface area contributed by atoms with E-state index in [1.54, 1.807) is 0 Å². The van der Waals surface area contributed by atoms with Crippen molar-refractivity contribution in [2.24, 2.45) is 35.7 Å². The Morgan fingerprint density at radius 1 is 1.17 bits per heavy atom. The van der Waals surface area contributed by atoms with Gasteiger partial charge in [-0.05, 0) is 39.0 Å². The van der Waals surface area contributed by atoms with Crippen LogP contribution in [0.4, 0.5) is 0 Å². The van der Waals surface area contributed by atoms with Crippen molar-refractivity contribution in [3.8, 4) is 0 Å². The number of allylic oxidation sites excluding steroid dienone is 2. The summed E-state index contributed by atoms with van der Waals surface area (Å²) in [7, 11) is 1.93. The molecule has 1 aromatic rings. The van der Waals surface area contributed by atoms with Crippen molar-refractivity contribution >= 4 is 41.8 Å². The first-order valence-electron chi connectivity index (χ1n) is 10.5. The van der Waals surface area contributed by atoms with E-state index in [1.807, 2.05) is 32.5 Å². The molecule has 8 nitrogen and oxygen atoms in total. The van der Waals surface area contributed by atoms with Gasteiger partial charge in [-0.1, -0.05) is 12.2 Å². The summed E-state index contributed by atoms with van der Waals surface area (Å²) in [4.78, 5) is 31.6. The summed E-state index contributed by atoms with van der Waals surface area (Å²) in [6, 6.07) is 0. The van der Waals surface area contributed by atoms with Crippen molar-refractivity contribution in [1.82, 2.24) is 25.3 Å². The van der Waals surface area contributed by atoms with Gasteiger partial charge in [-0.15, -0.1) is 24.0 Å². The monoisotopic (exact) mass is 526 g/mol. The second-order valence-electron chi connectivity index (χ2n) is 8.22. The Labute approximate surface area is 194 Å². The number of carbonyl (C=O) groups excluding carboxylic acids is 2. The van der Waals surface area contributed by atoms with E-state index >= 15 is 0 Å². The van der Waals surface area contributed by atoms with Crippen LogP contribution in [-0.4, -0.2) is 52.1 Å². The Hall–Kier alpha value is -1.91. The fraction of sp³-hybridized carbons (Fsp3) is 0.619. The number of aryl methyl sites for hydroxylation is 2. The molecule has 2 bridgehead atoms. The van der Waals surface area contributed by atoms with E-state index < -0.39 is 0 Å². The molecule has 4 unspecified atom stereocenters. The molecule has 2 amide bonds. The second kappa shape index (κ2) is 9.07. The smallest absolute Gasteiger partial charge is 0.233 e. The average molecular weight is 526 g/mol. The van der Waals surface area contributed by atoms with Crippen LogP contribution in [0.5, 0.6) is 0 Å². The van der Waals surface area contributed by atoms with Crippen LogP contribution in [0.15, 0.2) is 17.1 Å². The number of carbonyl (C=O) groups is 2. The van der Waals surface area contributed by atoms with Crippen LogP contribution >= 0.6 is 24.0 Å². The molecule has 1 saturated heterocycles. The number of rotatable bonds is 6. The number of hydrogen-bond acceptors (Lipinski definition) is 4. The van der Waals surface area contributed by atoms with Crippen molar-refractivity contribution in [2.75, 3.05) is 19.6 Å². The van der Waals surface area contributed by atoms with E-state index in [0.29, 0.717) is 25.6 Å². The zero-order valence-corrected chi connectivity index (χ0v) is 20.3. The zero-order valence-electron chi connectivity index (χ0n) is 18.0. The molecule has 0 spiro atoms. The van der Waals surface area contributed by atoms with Gasteiger partial charge in [-0.2, -0.15) is 5.10 Å². The number of aliphatic imine (C=N–C) groups is 1. The summed E-state index contributed by atoms with van der Waals surface area (Å²) in [5, 5.41) is 10.9. The van der Waals surface area contributed by atoms with Gasteiger partial charge in [0.1, 0.15) is 0 Å². The number of aromatic nitrogens is 2. The molecule has 0 aromatic carbocycles. The third kappa shape index (κ3) is 3.88. The average Bonchev–Trinajstić information content (AvgIpc) is 3.41. The van der Waals surface area contributed by atoms with Gasteiger partial charge in [0.2, 0.25) is 11.8 Å². The number of likely N-dealkylation sites (tertiary alicyclic amines) is 1. The van der Waals surface area contributed by atoms with E-state index in [1.165, 1.54) is 4.90 Å². The minimum absolute atomic E-state index is 0. The first-order chi connectivity index (χ1) is 13.9. The van der Waals surface area contributed by atoms with Gasteiger partial charge in [0, 0.05) is 37.9 Å². The van der Waals surface area contributed by atoms with Crippen LogP contribution < -0.4 is 10.6 Å². The van der Waals surface area contributed by atoms with Gasteiger partial charge in [-0.3, -0.25) is 19.2 Å². The van der Waals surface area contributed by atoms with Gasteiger partial charge >= 0.3 is 0 Å². The van der Waals surface area contributed by atoms with Crippen molar-refractivity contribution in [3.05, 3.63) is 29.1 Å². The third-order valence-electron chi connectivity index (χ3n) is 6.59. The van der Waals surface area contributed by atoms with Crippen LogP contribution in [-0.2, 0) is 23.2 Å². The maximum Gasteiger partial charge on any atom is 0.233 e. The normalized spacial score (nSPS) is 26.9. The predicted molar refractivity (Wildman–Crippen MR) is 125 cm³/mol. The molecule has 2 fully saturated rings. The maximum absolute atomic E-state index is 12.8. The van der Waals surface area contributed by atoms with Crippen LogP contribution in [0.3, 0.4) is 0 Å². The first-order valence-corrected chi connectivity index (χ1v) is 10.5. The van der Waals surface area contributed by atoms with E-state index in [2.05, 4.69) is 32.9 Å². The molecular formula is C21H31IN6O2. The molecule has 30 heavy (non-hydrogen) atoms. The molecule has 0 radical (unpaired) electrons. The topological polar surface area (TPSA) is 91.6 Å². The van der Waals surface area contributed by atoms with Gasteiger partial charge in [0.15, 0.2) is 5.96 Å². The van der Waals surface area contributed by atoms with E-state index in [9.17, 15) is 9.59 Å². The molecule has 2 N–H and O–H groups in total. The van der Waals surface area contributed by atoms with Crippen molar-refractivity contribution in [2.45, 2.75) is 33.7 Å². The summed E-state index contributed by atoms with van der Waals surface area (Å²) in [6.07, 6.45) is 5.21. The molecule has 3 aliphatic rings. The number of imide groups is 1. The lowest BCUT2D eigenvalue weighted by atomic mass is 9.85. The summed E-state index contributed by atoms with van der Waals surface area (Å²) in [5.74, 6) is 0.931. The summed E-state index contributed by atoms with van der Waals surface area (Å²) < 4.78 is 1.87. The van der Waals surface area contributed by atoms with Crippen LogP contribution in [0.2, 0.25) is 0 Å². The number of nitrogens with one attached hydrogen (secondary N) is 2. The molecule has 2 heterocycles. The fourth-order valence-corrected chi connectivity index (χ4v) is 5.02. The molecule has 9 heteroatoms. The number of amides is 2. The van der Waals surface area contributed by atoms with E-state index in [4.69, 9.17) is 0 Å². The summed E-state index contributed by atoms with van der Waals surface area (Å²) in [6.45, 7) is 8.15. The molecule has 4 rings (SSSR count). The SMILES string of the molecule is CCNC(=NCc1c(C)nn(C)c1C)NCCN1C(=O)C2C3C=CC(C3)C2C1=O.I. The Bertz CT molecular complexity index is 862. The fourth-order valence-electron chi connectivity index (χ4n) is 5.02. The Kier molecular flexibility index (Phi) is 6.88. The second-order valence-corrected chi connectivity index (χ2v) is 8.22. The van der Waals surface area contributed by atoms with E-state index in [0.717, 1.165) is 29.9 Å². The van der Waals surface area contributed by atoms with Crippen molar-refractivity contribution in [1.29, 1.82) is 0 Å². The van der Waals surface area contributed by atoms with Crippen LogP contribution in [0, 0.1) is 37.5 Å². The highest BCUT2D eigenvalue weighted by Gasteiger charge is 2.58. The number of halogens is 1. The lowest BCUT2D eigenvalue weighted by Gasteiger charge is -2.18. The summed E-state index contributed by atoms with van der Waals surface area (Å²) >= 11 is 0. The largest absolute Gasteiger partial charge is 0.357 e. The van der Waals surface area contributed by atoms with Gasteiger partial charge in [-0.25, -0.2) is 4.99 Å². The highest BCUT2D eigenvalue weighted by Crippen LogP contribution is 2.52. The first kappa shape index (κ1) is 22.8. The van der Waals surface area contributed by atoms with Gasteiger partial charge in [0.25, 0.3) is 0 Å². The van der Waals surface area contributed by atoms with Gasteiger partial charge in [0.05, 0.1) is 24.1 Å². The van der Waals surface area contributed by atoms with Crippen LogP contribution in [0.1, 0.15) is 30.3 Å². The molecular weight excluding hydrogens is 495 g/mol. The maximum atomic E-state index is 12.8. The number of hydrogen-bond donors (Lipinski definition) is 2. The van der Waals surface area contributed by atoms with Crippen molar-refractivity contribution < 1.29 is 9.59 Å². The number of nitrogens with zero attached hydrogens (tertiary/aromatic N) is 4. The molecule has 1 aromatic heterocycles. The molecule has 164 valence electrons. The summed E-state index contributed by atoms with van der Waals surface area (Å²) in [5.41, 5.74) is 3.20. The minimum atomic E-state index is -0.129. The van der Waals surface area contributed by atoms with Crippen molar-refractivity contribution in [3.63, 3.8) is 0 Å². The third-order valence-corrected chi connectivity index (χ3v) is 6.59. The Morgan fingerprint density at radius 3 is 2.33 bits per heavy atom.